The lowest BCUT2D eigenvalue weighted by atomic mass is 9.79. The number of benzene rings is 1. The van der Waals surface area contributed by atoms with Crippen LogP contribution in [-0.2, 0) is 4.79 Å². The van der Waals surface area contributed by atoms with Crippen molar-refractivity contribution in [2.24, 2.45) is 0 Å². The monoisotopic (exact) mass is 382 g/mol. The minimum atomic E-state index is -3.72. The van der Waals surface area contributed by atoms with E-state index in [1.165, 1.54) is 18.2 Å². The minimum absolute atomic E-state index is 0.111. The van der Waals surface area contributed by atoms with Crippen molar-refractivity contribution in [3.05, 3.63) is 18.2 Å². The normalized spacial score (nSPS) is 27.9. The lowest BCUT2D eigenvalue weighted by Gasteiger charge is -2.34. The van der Waals surface area contributed by atoms with Gasteiger partial charge in [-0.2, -0.15) is 0 Å². The van der Waals surface area contributed by atoms with Crippen LogP contribution in [0.4, 0.5) is 24.1 Å². The average molecular weight is 382 g/mol. The van der Waals surface area contributed by atoms with Crippen molar-refractivity contribution in [3.63, 3.8) is 0 Å². The Morgan fingerprint density at radius 2 is 1.85 bits per heavy atom. The third-order valence-corrected chi connectivity index (χ3v) is 4.85. The van der Waals surface area contributed by atoms with Crippen LogP contribution in [0.25, 0.3) is 0 Å². The molecular formula is C16H16F2N4O5. The number of alkyl halides is 2. The Hall–Kier alpha value is -3.11. The highest BCUT2D eigenvalue weighted by atomic mass is 19.3. The summed E-state index contributed by atoms with van der Waals surface area (Å²) in [7, 11) is 0. The number of nitrogens with one attached hydrogen (secondary N) is 4. The molecule has 0 atom stereocenters. The van der Waals surface area contributed by atoms with E-state index in [0.29, 0.717) is 25.7 Å². The highest BCUT2D eigenvalue weighted by Crippen LogP contribution is 2.42. The van der Waals surface area contributed by atoms with Crippen molar-refractivity contribution >= 4 is 23.7 Å². The molecule has 5 amide bonds. The third kappa shape index (κ3) is 3.32. The zero-order chi connectivity index (χ0) is 19.2. The van der Waals surface area contributed by atoms with Crippen molar-refractivity contribution in [2.45, 2.75) is 43.6 Å². The van der Waals surface area contributed by atoms with Crippen LogP contribution < -0.4 is 30.7 Å². The Morgan fingerprint density at radius 3 is 2.52 bits per heavy atom. The van der Waals surface area contributed by atoms with Gasteiger partial charge in [0.15, 0.2) is 11.5 Å². The predicted molar refractivity (Wildman–Crippen MR) is 86.5 cm³/mol. The molecule has 144 valence electrons. The summed E-state index contributed by atoms with van der Waals surface area (Å²) in [5, 5.41) is 10.2. The summed E-state index contributed by atoms with van der Waals surface area (Å²) in [6, 6.07) is 2.73. The first-order valence-electron chi connectivity index (χ1n) is 8.36. The van der Waals surface area contributed by atoms with Crippen molar-refractivity contribution in [1.29, 1.82) is 0 Å². The van der Waals surface area contributed by atoms with Gasteiger partial charge >= 0.3 is 18.4 Å². The van der Waals surface area contributed by atoms with Gasteiger partial charge in [0.2, 0.25) is 0 Å². The lowest BCUT2D eigenvalue weighted by molar-refractivity contribution is -0.286. The number of halogens is 2. The molecule has 1 aromatic carbocycles. The van der Waals surface area contributed by atoms with Gasteiger partial charge in [0.1, 0.15) is 5.54 Å². The molecule has 2 fully saturated rings. The van der Waals surface area contributed by atoms with Crippen molar-refractivity contribution in [3.8, 4) is 11.5 Å². The quantitative estimate of drug-likeness (QED) is 0.580. The van der Waals surface area contributed by atoms with Crippen LogP contribution in [0.3, 0.4) is 0 Å². The van der Waals surface area contributed by atoms with Crippen LogP contribution in [0.1, 0.15) is 25.7 Å². The molecule has 1 aliphatic carbocycles. The third-order valence-electron chi connectivity index (χ3n) is 4.85. The summed E-state index contributed by atoms with van der Waals surface area (Å²) in [6.07, 6.45) is -1.88. The fourth-order valence-electron chi connectivity index (χ4n) is 3.51. The summed E-state index contributed by atoms with van der Waals surface area (Å²) in [5.74, 6) is -0.617. The Balaban J connectivity index is 1.31. The molecule has 0 radical (unpaired) electrons. The Labute approximate surface area is 151 Å². The summed E-state index contributed by atoms with van der Waals surface area (Å²) in [4.78, 5) is 35.4. The highest BCUT2D eigenvalue weighted by molar-refractivity contribution is 6.07. The van der Waals surface area contributed by atoms with E-state index in [2.05, 4.69) is 30.7 Å². The second-order valence-electron chi connectivity index (χ2n) is 6.69. The first-order valence-corrected chi connectivity index (χ1v) is 8.36. The molecule has 0 aromatic heterocycles. The van der Waals surface area contributed by atoms with Gasteiger partial charge in [0, 0.05) is 17.8 Å². The number of amides is 5. The van der Waals surface area contributed by atoms with Gasteiger partial charge in [-0.05, 0) is 37.8 Å². The predicted octanol–water partition coefficient (Wildman–Crippen LogP) is 1.65. The van der Waals surface area contributed by atoms with Gasteiger partial charge in [0.05, 0.1) is 0 Å². The fraction of sp³-hybridized carbons (Fsp3) is 0.438. The van der Waals surface area contributed by atoms with E-state index in [9.17, 15) is 23.2 Å². The van der Waals surface area contributed by atoms with E-state index in [-0.39, 0.29) is 29.1 Å². The molecule has 4 N–H and O–H groups in total. The number of carbonyl (C=O) groups is 3. The molecule has 2 heterocycles. The van der Waals surface area contributed by atoms with Crippen molar-refractivity contribution in [2.75, 3.05) is 5.32 Å². The van der Waals surface area contributed by atoms with Gasteiger partial charge in [-0.25, -0.2) is 9.59 Å². The number of carbonyl (C=O) groups excluding carboxylic acids is 3. The van der Waals surface area contributed by atoms with Crippen LogP contribution in [0.5, 0.6) is 11.5 Å². The Bertz CT molecular complexity index is 823. The van der Waals surface area contributed by atoms with E-state index in [1.54, 1.807) is 0 Å². The van der Waals surface area contributed by atoms with E-state index in [4.69, 9.17) is 0 Å². The van der Waals surface area contributed by atoms with Gasteiger partial charge in [0.25, 0.3) is 5.91 Å². The number of hydrogen-bond donors (Lipinski definition) is 4. The minimum Gasteiger partial charge on any atom is -0.395 e. The summed E-state index contributed by atoms with van der Waals surface area (Å²) >= 11 is 0. The van der Waals surface area contributed by atoms with Crippen LogP contribution in [0, 0.1) is 0 Å². The van der Waals surface area contributed by atoms with Crippen molar-refractivity contribution in [1.82, 2.24) is 16.0 Å². The number of rotatable bonds is 2. The topological polar surface area (TPSA) is 118 Å². The maximum absolute atomic E-state index is 13.0. The summed E-state index contributed by atoms with van der Waals surface area (Å²) < 4.78 is 34.7. The van der Waals surface area contributed by atoms with E-state index in [0.717, 1.165) is 0 Å². The van der Waals surface area contributed by atoms with E-state index in [1.807, 2.05) is 0 Å². The number of urea groups is 2. The molecule has 2 aliphatic heterocycles. The first kappa shape index (κ1) is 17.3. The molecule has 1 saturated heterocycles. The zero-order valence-corrected chi connectivity index (χ0v) is 13.9. The van der Waals surface area contributed by atoms with E-state index >= 15 is 0 Å². The second kappa shape index (κ2) is 5.96. The average Bonchev–Trinajstić information content (AvgIpc) is 3.03. The largest absolute Gasteiger partial charge is 0.586 e. The SMILES string of the molecule is O=C(Nc1ccc2c(c1)OC(F)(F)O2)NC1CCC2(CC1)NC(=O)NC2=O. The zero-order valence-electron chi connectivity index (χ0n) is 13.9. The van der Waals surface area contributed by atoms with Gasteiger partial charge in [-0.15, -0.1) is 8.78 Å². The molecule has 9 nitrogen and oxygen atoms in total. The number of hydrogen-bond acceptors (Lipinski definition) is 5. The molecule has 3 aliphatic rings. The lowest BCUT2D eigenvalue weighted by Crippen LogP contribution is -2.53. The molecule has 0 unspecified atom stereocenters. The molecule has 11 heteroatoms. The molecule has 1 spiro atoms. The Morgan fingerprint density at radius 1 is 1.15 bits per heavy atom. The molecule has 27 heavy (non-hydrogen) atoms. The second-order valence-corrected chi connectivity index (χ2v) is 6.69. The van der Waals surface area contributed by atoms with Crippen molar-refractivity contribution < 1.29 is 32.6 Å². The van der Waals surface area contributed by atoms with Crippen LogP contribution in [0.15, 0.2) is 18.2 Å². The fourth-order valence-corrected chi connectivity index (χ4v) is 3.51. The summed E-state index contributed by atoms with van der Waals surface area (Å²) in [6.45, 7) is 0. The smallest absolute Gasteiger partial charge is 0.395 e. The summed E-state index contributed by atoms with van der Waals surface area (Å²) in [5.41, 5.74) is -0.629. The molecule has 4 rings (SSSR count). The van der Waals surface area contributed by atoms with Crippen LogP contribution >= 0.6 is 0 Å². The first-order chi connectivity index (χ1) is 12.7. The maximum atomic E-state index is 13.0. The van der Waals surface area contributed by atoms with Gasteiger partial charge in [-0.1, -0.05) is 0 Å². The molecular weight excluding hydrogens is 366 g/mol. The maximum Gasteiger partial charge on any atom is 0.586 e. The highest BCUT2D eigenvalue weighted by Gasteiger charge is 2.48. The number of fused-ring (bicyclic) bond motifs is 1. The van der Waals surface area contributed by atoms with Crippen LogP contribution in [-0.4, -0.2) is 35.8 Å². The van der Waals surface area contributed by atoms with E-state index < -0.39 is 23.9 Å². The molecule has 0 bridgehead atoms. The van der Waals surface area contributed by atoms with Gasteiger partial charge < -0.3 is 25.4 Å². The van der Waals surface area contributed by atoms with Gasteiger partial charge in [-0.3, -0.25) is 10.1 Å². The Kier molecular flexibility index (Phi) is 3.82. The molecule has 1 saturated carbocycles. The molecule has 1 aromatic rings. The number of ether oxygens (including phenoxy) is 2. The van der Waals surface area contributed by atoms with Crippen LogP contribution in [0.2, 0.25) is 0 Å². The number of imide groups is 1. The number of anilines is 1. The standard InChI is InChI=1S/C16H16F2N4O5/c17-16(18)26-10-2-1-9(7-11(10)27-16)20-13(24)19-8-3-5-15(6-4-8)12(23)21-14(25)22-15/h1-2,7-8H,3-6H2,(H2,19,20,24)(H2,21,22,23,25).